The molecule has 0 bridgehead atoms. The van der Waals surface area contributed by atoms with Crippen LogP contribution in [-0.4, -0.2) is 42.8 Å². The van der Waals surface area contributed by atoms with Gasteiger partial charge in [-0.3, -0.25) is 4.79 Å². The smallest absolute Gasteiger partial charge is 0.336 e. The van der Waals surface area contributed by atoms with Crippen LogP contribution < -0.4 is 0 Å². The Labute approximate surface area is 191 Å². The lowest BCUT2D eigenvalue weighted by Crippen LogP contribution is -2.41. The zero-order valence-corrected chi connectivity index (χ0v) is 20.2. The van der Waals surface area contributed by atoms with Gasteiger partial charge < -0.3 is 18.9 Å². The van der Waals surface area contributed by atoms with Gasteiger partial charge in [0.1, 0.15) is 18.8 Å². The third-order valence-corrected chi connectivity index (χ3v) is 4.39. The maximum atomic E-state index is 13.0. The molecule has 0 radical (unpaired) electrons. The van der Waals surface area contributed by atoms with Crippen LogP contribution in [0.15, 0.2) is 30.3 Å². The minimum atomic E-state index is -1.26. The zero-order chi connectivity index (χ0) is 24.1. The number of carbonyl (C=O) groups is 3. The molecule has 0 heterocycles. The molecule has 0 spiro atoms. The maximum absolute atomic E-state index is 13.0. The van der Waals surface area contributed by atoms with E-state index in [1.807, 2.05) is 51.1 Å². The molecular formula is C25H38O7. The first-order valence-electron chi connectivity index (χ1n) is 11.2. The van der Waals surface area contributed by atoms with E-state index in [0.717, 1.165) is 12.0 Å². The fraction of sp³-hybridized carbons (Fsp3) is 0.640. The molecule has 180 valence electrons. The molecule has 1 aromatic rings. The molecule has 0 aromatic heterocycles. The first-order chi connectivity index (χ1) is 15.0. The number of ether oxygens (including phenoxy) is 4. The molecule has 0 amide bonds. The van der Waals surface area contributed by atoms with E-state index >= 15 is 0 Å². The van der Waals surface area contributed by atoms with E-state index in [4.69, 9.17) is 18.9 Å². The molecule has 7 nitrogen and oxygen atoms in total. The lowest BCUT2D eigenvalue weighted by atomic mass is 9.92. The molecule has 2 atom stereocenters. The van der Waals surface area contributed by atoms with Gasteiger partial charge in [-0.1, -0.05) is 57.5 Å². The van der Waals surface area contributed by atoms with Crippen molar-refractivity contribution in [3.8, 4) is 0 Å². The van der Waals surface area contributed by atoms with Gasteiger partial charge in [-0.15, -0.1) is 0 Å². The number of carbonyl (C=O) groups excluding carboxylic acids is 3. The minimum absolute atomic E-state index is 0.0813. The van der Waals surface area contributed by atoms with E-state index < -0.39 is 42.1 Å². The van der Waals surface area contributed by atoms with E-state index in [2.05, 4.69) is 0 Å². The Kier molecular flexibility index (Phi) is 12.0. The molecular weight excluding hydrogens is 412 g/mol. The van der Waals surface area contributed by atoms with Gasteiger partial charge in [0.05, 0.1) is 12.5 Å². The molecule has 1 rings (SSSR count). The van der Waals surface area contributed by atoms with Crippen molar-refractivity contribution >= 4 is 17.9 Å². The molecule has 0 fully saturated rings. The zero-order valence-electron chi connectivity index (χ0n) is 20.2. The molecule has 0 saturated heterocycles. The van der Waals surface area contributed by atoms with Crippen molar-refractivity contribution in [3.63, 3.8) is 0 Å². The van der Waals surface area contributed by atoms with Gasteiger partial charge in [-0.05, 0) is 45.1 Å². The third-order valence-electron chi connectivity index (χ3n) is 4.39. The van der Waals surface area contributed by atoms with Gasteiger partial charge in [0.25, 0.3) is 0 Å². The average Bonchev–Trinajstić information content (AvgIpc) is 2.70. The summed E-state index contributed by atoms with van der Waals surface area (Å²) in [6.07, 6.45) is 0.628. The molecule has 0 aliphatic carbocycles. The van der Waals surface area contributed by atoms with Gasteiger partial charge in [-0.25, -0.2) is 9.59 Å². The summed E-state index contributed by atoms with van der Waals surface area (Å²) in [5, 5.41) is 0. The number of benzene rings is 1. The van der Waals surface area contributed by atoms with E-state index in [1.165, 1.54) is 0 Å². The van der Waals surface area contributed by atoms with Crippen LogP contribution in [-0.2, 0) is 39.9 Å². The number of hydrogen-bond donors (Lipinski definition) is 0. The quantitative estimate of drug-likeness (QED) is 0.249. The van der Waals surface area contributed by atoms with Crippen LogP contribution >= 0.6 is 0 Å². The van der Waals surface area contributed by atoms with Crippen LogP contribution in [0.25, 0.3) is 0 Å². The van der Waals surface area contributed by atoms with Crippen LogP contribution in [0.2, 0.25) is 0 Å². The van der Waals surface area contributed by atoms with E-state index in [-0.39, 0.29) is 19.1 Å². The lowest BCUT2D eigenvalue weighted by Gasteiger charge is -2.26. The lowest BCUT2D eigenvalue weighted by molar-refractivity contribution is -0.179. The summed E-state index contributed by atoms with van der Waals surface area (Å²) in [4.78, 5) is 37.9. The number of hydrogen-bond acceptors (Lipinski definition) is 7. The molecule has 0 aliphatic heterocycles. The fourth-order valence-corrected chi connectivity index (χ4v) is 2.96. The number of unbranched alkanes of at least 4 members (excludes halogenated alkanes) is 1. The number of esters is 3. The second kappa shape index (κ2) is 13.9. The Morgan fingerprint density at radius 3 is 2.19 bits per heavy atom. The molecule has 1 unspecified atom stereocenters. The highest BCUT2D eigenvalue weighted by atomic mass is 16.6. The molecule has 0 aliphatic rings. The summed E-state index contributed by atoms with van der Waals surface area (Å²) in [5.74, 6) is -2.69. The van der Waals surface area contributed by atoms with Crippen LogP contribution in [0, 0.1) is 11.8 Å². The topological polar surface area (TPSA) is 88.1 Å². The van der Waals surface area contributed by atoms with Crippen LogP contribution in [0.4, 0.5) is 0 Å². The van der Waals surface area contributed by atoms with Crippen molar-refractivity contribution in [2.45, 2.75) is 79.1 Å². The third kappa shape index (κ3) is 11.3. The molecule has 1 aromatic carbocycles. The first kappa shape index (κ1) is 27.6. The van der Waals surface area contributed by atoms with Gasteiger partial charge in [0.15, 0.2) is 6.10 Å². The van der Waals surface area contributed by atoms with Gasteiger partial charge in [-0.2, -0.15) is 0 Å². The minimum Gasteiger partial charge on any atom is -0.464 e. The Morgan fingerprint density at radius 1 is 0.969 bits per heavy atom. The predicted molar refractivity (Wildman–Crippen MR) is 121 cm³/mol. The first-order valence-corrected chi connectivity index (χ1v) is 11.2. The van der Waals surface area contributed by atoms with Crippen LogP contribution in [0.1, 0.15) is 66.4 Å². The summed E-state index contributed by atoms with van der Waals surface area (Å²) in [7, 11) is 0. The van der Waals surface area contributed by atoms with Crippen molar-refractivity contribution in [1.29, 1.82) is 0 Å². The second-order valence-corrected chi connectivity index (χ2v) is 9.17. The van der Waals surface area contributed by atoms with Gasteiger partial charge in [0.2, 0.25) is 0 Å². The Hall–Kier alpha value is -2.41. The average molecular weight is 451 g/mol. The number of rotatable bonds is 13. The Bertz CT molecular complexity index is 707. The summed E-state index contributed by atoms with van der Waals surface area (Å²) in [6, 6.07) is 9.28. The standard InChI is InChI=1S/C25H38O7/c1-7-8-14-29-24(28)22(30-17-21(26)32-25(4,5)6)20(15-18(2)3)23(27)31-16-19-12-10-9-11-13-19/h9-13,18,20,22H,7-8,14-17H2,1-6H3/t20-,22?/m1/s1. The van der Waals surface area contributed by atoms with Crippen LogP contribution in [0.5, 0.6) is 0 Å². The van der Waals surface area contributed by atoms with E-state index in [0.29, 0.717) is 12.8 Å². The summed E-state index contributed by atoms with van der Waals surface area (Å²) < 4.78 is 21.7. The van der Waals surface area contributed by atoms with Crippen LogP contribution in [0.3, 0.4) is 0 Å². The maximum Gasteiger partial charge on any atom is 0.336 e. The highest BCUT2D eigenvalue weighted by Crippen LogP contribution is 2.23. The van der Waals surface area contributed by atoms with Crippen molar-refractivity contribution in [3.05, 3.63) is 35.9 Å². The summed E-state index contributed by atoms with van der Waals surface area (Å²) >= 11 is 0. The normalized spacial score (nSPS) is 13.3. The fourth-order valence-electron chi connectivity index (χ4n) is 2.96. The molecule has 32 heavy (non-hydrogen) atoms. The highest BCUT2D eigenvalue weighted by Gasteiger charge is 2.38. The van der Waals surface area contributed by atoms with E-state index in [1.54, 1.807) is 20.8 Å². The molecule has 0 N–H and O–H groups in total. The molecule has 7 heteroatoms. The van der Waals surface area contributed by atoms with Crippen molar-refractivity contribution in [2.24, 2.45) is 11.8 Å². The van der Waals surface area contributed by atoms with E-state index in [9.17, 15) is 14.4 Å². The summed E-state index contributed by atoms with van der Waals surface area (Å²) in [6.45, 7) is 10.9. The largest absolute Gasteiger partial charge is 0.464 e. The SMILES string of the molecule is CCCCOC(=O)C(OCC(=O)OC(C)(C)C)[C@@H](CC(C)C)C(=O)OCc1ccccc1. The van der Waals surface area contributed by atoms with Gasteiger partial charge in [0, 0.05) is 0 Å². The van der Waals surface area contributed by atoms with Crippen molar-refractivity contribution in [1.82, 2.24) is 0 Å². The second-order valence-electron chi connectivity index (χ2n) is 9.17. The Balaban J connectivity index is 2.97. The van der Waals surface area contributed by atoms with Crippen molar-refractivity contribution < 1.29 is 33.3 Å². The monoisotopic (exact) mass is 450 g/mol. The summed E-state index contributed by atoms with van der Waals surface area (Å²) in [5.41, 5.74) is 0.143. The van der Waals surface area contributed by atoms with Gasteiger partial charge >= 0.3 is 17.9 Å². The predicted octanol–water partition coefficient (Wildman–Crippen LogP) is 4.46. The molecule has 0 saturated carbocycles. The van der Waals surface area contributed by atoms with Crippen molar-refractivity contribution in [2.75, 3.05) is 13.2 Å². The Morgan fingerprint density at radius 2 is 1.62 bits per heavy atom. The highest BCUT2D eigenvalue weighted by molar-refractivity contribution is 5.84.